The molecule has 2 rings (SSSR count). The van der Waals surface area contributed by atoms with Gasteiger partial charge >= 0.3 is 0 Å². The van der Waals surface area contributed by atoms with Crippen LogP contribution < -0.4 is 10.5 Å². The van der Waals surface area contributed by atoms with E-state index in [1.807, 2.05) is 24.0 Å². The van der Waals surface area contributed by atoms with Crippen molar-refractivity contribution in [3.8, 4) is 5.75 Å². The van der Waals surface area contributed by atoms with Gasteiger partial charge in [0.1, 0.15) is 5.69 Å². The van der Waals surface area contributed by atoms with Gasteiger partial charge in [0, 0.05) is 19.3 Å². The average molecular weight is 249 g/mol. The van der Waals surface area contributed by atoms with Crippen molar-refractivity contribution in [3.05, 3.63) is 29.8 Å². The van der Waals surface area contributed by atoms with Crippen molar-refractivity contribution >= 4 is 0 Å². The molecule has 98 valence electrons. The normalized spacial score (nSPS) is 13.0. The molecule has 2 aromatic heterocycles. The smallest absolute Gasteiger partial charge is 0.161 e. The molecule has 6 heteroatoms. The Kier molecular flexibility index (Phi) is 3.38. The number of methoxy groups -OCH3 is 1. The molecule has 0 bridgehead atoms. The van der Waals surface area contributed by atoms with Gasteiger partial charge in [0.15, 0.2) is 5.75 Å². The SMILES string of the molecule is COc1cnn(C(C)C)c1C(N)c1ccn(C)n1. The number of nitrogens with two attached hydrogens (primary N) is 1. The first-order valence-corrected chi connectivity index (χ1v) is 5.91. The molecule has 0 aliphatic rings. The van der Waals surface area contributed by atoms with Crippen LogP contribution in [-0.4, -0.2) is 26.7 Å². The number of ether oxygens (including phenoxy) is 1. The van der Waals surface area contributed by atoms with Crippen LogP contribution in [0.3, 0.4) is 0 Å². The summed E-state index contributed by atoms with van der Waals surface area (Å²) in [5.74, 6) is 0.696. The molecule has 2 aromatic rings. The lowest BCUT2D eigenvalue weighted by molar-refractivity contribution is 0.400. The zero-order chi connectivity index (χ0) is 13.3. The number of rotatable bonds is 4. The number of nitrogens with zero attached hydrogens (tertiary/aromatic N) is 4. The first kappa shape index (κ1) is 12.6. The number of hydrogen-bond donors (Lipinski definition) is 1. The standard InChI is InChI=1S/C12H19N5O/c1-8(2)17-12(10(18-4)7-14-17)11(13)9-5-6-16(3)15-9/h5-8,11H,13H2,1-4H3. The number of aryl methyl sites for hydroxylation is 1. The monoisotopic (exact) mass is 249 g/mol. The van der Waals surface area contributed by atoms with E-state index >= 15 is 0 Å². The highest BCUT2D eigenvalue weighted by atomic mass is 16.5. The van der Waals surface area contributed by atoms with Gasteiger partial charge in [-0.2, -0.15) is 10.2 Å². The van der Waals surface area contributed by atoms with Gasteiger partial charge in [-0.05, 0) is 19.9 Å². The summed E-state index contributed by atoms with van der Waals surface area (Å²) < 4.78 is 8.93. The van der Waals surface area contributed by atoms with Crippen molar-refractivity contribution in [2.45, 2.75) is 25.9 Å². The lowest BCUT2D eigenvalue weighted by Crippen LogP contribution is -2.20. The second kappa shape index (κ2) is 4.81. The molecule has 18 heavy (non-hydrogen) atoms. The van der Waals surface area contributed by atoms with Crippen molar-refractivity contribution in [2.24, 2.45) is 12.8 Å². The van der Waals surface area contributed by atoms with Gasteiger partial charge in [-0.3, -0.25) is 9.36 Å². The summed E-state index contributed by atoms with van der Waals surface area (Å²) in [4.78, 5) is 0. The second-order valence-electron chi connectivity index (χ2n) is 4.53. The summed E-state index contributed by atoms with van der Waals surface area (Å²) in [6.07, 6.45) is 3.57. The van der Waals surface area contributed by atoms with Crippen molar-refractivity contribution in [3.63, 3.8) is 0 Å². The minimum atomic E-state index is -0.342. The van der Waals surface area contributed by atoms with Gasteiger partial charge in [0.25, 0.3) is 0 Å². The molecular weight excluding hydrogens is 230 g/mol. The average Bonchev–Trinajstić information content (AvgIpc) is 2.93. The highest BCUT2D eigenvalue weighted by Gasteiger charge is 2.23. The molecule has 0 fully saturated rings. The Balaban J connectivity index is 2.45. The number of aromatic nitrogens is 4. The maximum absolute atomic E-state index is 6.27. The Morgan fingerprint density at radius 2 is 2.11 bits per heavy atom. The van der Waals surface area contributed by atoms with E-state index in [-0.39, 0.29) is 12.1 Å². The minimum Gasteiger partial charge on any atom is -0.493 e. The Hall–Kier alpha value is -1.82. The van der Waals surface area contributed by atoms with Gasteiger partial charge in [-0.15, -0.1) is 0 Å². The van der Waals surface area contributed by atoms with Crippen LogP contribution in [0, 0.1) is 0 Å². The summed E-state index contributed by atoms with van der Waals surface area (Å²) in [6, 6.07) is 1.78. The maximum atomic E-state index is 6.27. The van der Waals surface area contributed by atoms with Gasteiger partial charge in [0.05, 0.1) is 25.0 Å². The molecule has 0 radical (unpaired) electrons. The second-order valence-corrected chi connectivity index (χ2v) is 4.53. The third-order valence-corrected chi connectivity index (χ3v) is 2.86. The van der Waals surface area contributed by atoms with Crippen LogP contribution in [0.1, 0.15) is 37.3 Å². The summed E-state index contributed by atoms with van der Waals surface area (Å²) in [7, 11) is 3.49. The van der Waals surface area contributed by atoms with Crippen LogP contribution in [0.15, 0.2) is 18.5 Å². The lowest BCUT2D eigenvalue weighted by atomic mass is 10.1. The molecule has 0 saturated heterocycles. The third-order valence-electron chi connectivity index (χ3n) is 2.86. The van der Waals surface area contributed by atoms with Crippen LogP contribution >= 0.6 is 0 Å². The minimum absolute atomic E-state index is 0.221. The largest absolute Gasteiger partial charge is 0.493 e. The quantitative estimate of drug-likeness (QED) is 0.885. The van der Waals surface area contributed by atoms with Crippen LogP contribution in [0.25, 0.3) is 0 Å². The Morgan fingerprint density at radius 3 is 2.61 bits per heavy atom. The zero-order valence-corrected chi connectivity index (χ0v) is 11.2. The highest BCUT2D eigenvalue weighted by Crippen LogP contribution is 2.29. The molecule has 1 unspecified atom stereocenters. The first-order valence-electron chi connectivity index (χ1n) is 5.91. The van der Waals surface area contributed by atoms with Gasteiger partial charge in [-0.25, -0.2) is 0 Å². The van der Waals surface area contributed by atoms with Crippen molar-refractivity contribution < 1.29 is 4.74 Å². The van der Waals surface area contributed by atoms with E-state index in [0.717, 1.165) is 11.4 Å². The van der Waals surface area contributed by atoms with E-state index in [1.54, 1.807) is 18.0 Å². The highest BCUT2D eigenvalue weighted by molar-refractivity contribution is 5.33. The topological polar surface area (TPSA) is 70.9 Å². The summed E-state index contributed by atoms with van der Waals surface area (Å²) in [5, 5.41) is 8.65. The lowest BCUT2D eigenvalue weighted by Gasteiger charge is -2.16. The molecular formula is C12H19N5O. The Bertz CT molecular complexity index is 528. The van der Waals surface area contributed by atoms with E-state index in [9.17, 15) is 0 Å². The van der Waals surface area contributed by atoms with Crippen molar-refractivity contribution in [1.29, 1.82) is 0 Å². The molecule has 0 amide bonds. The van der Waals surface area contributed by atoms with E-state index in [1.165, 1.54) is 0 Å². The van der Waals surface area contributed by atoms with Crippen LogP contribution in [0.5, 0.6) is 5.75 Å². The van der Waals surface area contributed by atoms with Crippen LogP contribution in [0.2, 0.25) is 0 Å². The zero-order valence-electron chi connectivity index (χ0n) is 11.2. The molecule has 6 nitrogen and oxygen atoms in total. The molecule has 0 saturated carbocycles. The van der Waals surface area contributed by atoms with Crippen molar-refractivity contribution in [1.82, 2.24) is 19.6 Å². The van der Waals surface area contributed by atoms with E-state index in [2.05, 4.69) is 24.0 Å². The Labute approximate surface area is 106 Å². The predicted octanol–water partition coefficient (Wildman–Crippen LogP) is 1.25. The summed E-state index contributed by atoms with van der Waals surface area (Å²) in [6.45, 7) is 4.11. The first-order chi connectivity index (χ1) is 8.54. The van der Waals surface area contributed by atoms with E-state index in [4.69, 9.17) is 10.5 Å². The fraction of sp³-hybridized carbons (Fsp3) is 0.500. The van der Waals surface area contributed by atoms with Crippen LogP contribution in [-0.2, 0) is 7.05 Å². The summed E-state index contributed by atoms with van der Waals surface area (Å²) in [5.41, 5.74) is 7.93. The fourth-order valence-corrected chi connectivity index (χ4v) is 1.96. The molecule has 0 aromatic carbocycles. The van der Waals surface area contributed by atoms with Gasteiger partial charge < -0.3 is 10.5 Å². The van der Waals surface area contributed by atoms with E-state index < -0.39 is 0 Å². The molecule has 1 atom stereocenters. The third kappa shape index (κ3) is 2.11. The predicted molar refractivity (Wildman–Crippen MR) is 68.4 cm³/mol. The molecule has 0 spiro atoms. The molecule has 2 N–H and O–H groups in total. The maximum Gasteiger partial charge on any atom is 0.161 e. The van der Waals surface area contributed by atoms with Crippen molar-refractivity contribution in [2.75, 3.05) is 7.11 Å². The van der Waals surface area contributed by atoms with Gasteiger partial charge in [0.2, 0.25) is 0 Å². The molecule has 0 aliphatic heterocycles. The molecule has 0 aliphatic carbocycles. The van der Waals surface area contributed by atoms with Gasteiger partial charge in [-0.1, -0.05) is 0 Å². The fourth-order valence-electron chi connectivity index (χ4n) is 1.96. The summed E-state index contributed by atoms with van der Waals surface area (Å²) >= 11 is 0. The van der Waals surface area contributed by atoms with E-state index in [0.29, 0.717) is 5.75 Å². The Morgan fingerprint density at radius 1 is 1.39 bits per heavy atom. The number of hydrogen-bond acceptors (Lipinski definition) is 4. The van der Waals surface area contributed by atoms with Crippen LogP contribution in [0.4, 0.5) is 0 Å². The molecule has 2 heterocycles.